The first-order valence-corrected chi connectivity index (χ1v) is 6.66. The van der Waals surface area contributed by atoms with Crippen LogP contribution in [0.2, 0.25) is 0 Å². The maximum atomic E-state index is 2.67. The highest BCUT2D eigenvalue weighted by Gasteiger charge is 2.41. The van der Waals surface area contributed by atoms with Crippen LogP contribution in [0.1, 0.15) is 58.3 Å². The van der Waals surface area contributed by atoms with E-state index in [-0.39, 0.29) is 0 Å². The molecule has 76 valence electrons. The van der Waals surface area contributed by atoms with Crippen molar-refractivity contribution in [1.82, 2.24) is 3.11 Å². The second-order valence-electron chi connectivity index (χ2n) is 4.84. The molecule has 0 radical (unpaired) electrons. The van der Waals surface area contributed by atoms with Gasteiger partial charge in [-0.1, -0.05) is 25.7 Å². The fourth-order valence-electron chi connectivity index (χ4n) is 3.08. The third-order valence-corrected chi connectivity index (χ3v) is 5.86. The fraction of sp³-hybridized carbons (Fsp3) is 1.00. The molecule has 0 bridgehead atoms. The topological polar surface area (TPSA) is 3.24 Å². The fourth-order valence-corrected chi connectivity index (χ4v) is 4.08. The molecule has 0 N–H and O–H groups in total. The van der Waals surface area contributed by atoms with E-state index in [9.17, 15) is 0 Å². The molecule has 1 spiro atoms. The summed E-state index contributed by atoms with van der Waals surface area (Å²) >= 11 is 2.60. The number of halogens is 1. The normalized spacial score (nSPS) is 35.1. The molecule has 0 aromatic rings. The Hall–Kier alpha value is 0.690. The minimum atomic E-state index is 0.608. The summed E-state index contributed by atoms with van der Waals surface area (Å²) in [5, 5.41) is 0. The summed E-state index contributed by atoms with van der Waals surface area (Å²) in [5.74, 6) is 0. The van der Waals surface area contributed by atoms with Crippen molar-refractivity contribution >= 4 is 22.9 Å². The predicted octanol–water partition coefficient (Wildman–Crippen LogP) is 3.91. The molecule has 1 saturated heterocycles. The van der Waals surface area contributed by atoms with Gasteiger partial charge in [-0.25, -0.2) is 3.11 Å². The van der Waals surface area contributed by atoms with Gasteiger partial charge in [-0.05, 0) is 32.6 Å². The average Bonchev–Trinajstić information content (AvgIpc) is 2.55. The molecule has 2 heteroatoms. The van der Waals surface area contributed by atoms with Gasteiger partial charge in [0, 0.05) is 34.4 Å². The molecule has 1 aliphatic heterocycles. The van der Waals surface area contributed by atoms with Crippen LogP contribution in [0.3, 0.4) is 0 Å². The molecular weight excluding hydrogens is 273 g/mol. The largest absolute Gasteiger partial charge is 0.239 e. The second kappa shape index (κ2) is 4.05. The van der Waals surface area contributed by atoms with Gasteiger partial charge in [0.15, 0.2) is 0 Å². The summed E-state index contributed by atoms with van der Waals surface area (Å²) in [6.07, 6.45) is 11.6. The van der Waals surface area contributed by atoms with Crippen molar-refractivity contribution in [3.8, 4) is 0 Å². The third kappa shape index (κ3) is 1.89. The van der Waals surface area contributed by atoms with Crippen LogP contribution in [0, 0.1) is 0 Å². The monoisotopic (exact) mass is 293 g/mol. The molecule has 0 unspecified atom stereocenters. The summed E-state index contributed by atoms with van der Waals surface area (Å²) in [7, 11) is 0. The Bertz CT molecular complexity index is 175. The summed E-state index contributed by atoms with van der Waals surface area (Å²) < 4.78 is 2.67. The molecule has 1 nitrogen and oxygen atoms in total. The highest BCUT2D eigenvalue weighted by Crippen LogP contribution is 2.44. The Morgan fingerprint density at radius 2 is 1.62 bits per heavy atom. The highest BCUT2D eigenvalue weighted by molar-refractivity contribution is 14.1. The molecule has 0 aromatic carbocycles. The minimum Gasteiger partial charge on any atom is -0.239 e. The first-order valence-electron chi connectivity index (χ1n) is 5.70. The van der Waals surface area contributed by atoms with Gasteiger partial charge in [-0.3, -0.25) is 0 Å². The van der Waals surface area contributed by atoms with Crippen LogP contribution in [0.25, 0.3) is 0 Å². The Balaban J connectivity index is 2.14. The Morgan fingerprint density at radius 3 is 2.23 bits per heavy atom. The van der Waals surface area contributed by atoms with Crippen molar-refractivity contribution in [2.24, 2.45) is 0 Å². The zero-order valence-electron chi connectivity index (χ0n) is 8.56. The minimum absolute atomic E-state index is 0.608. The Kier molecular flexibility index (Phi) is 3.18. The van der Waals surface area contributed by atoms with E-state index < -0.39 is 0 Å². The molecule has 1 aliphatic carbocycles. The van der Waals surface area contributed by atoms with Gasteiger partial charge in [0.2, 0.25) is 0 Å². The molecule has 1 saturated carbocycles. The van der Waals surface area contributed by atoms with Crippen LogP contribution in [0.4, 0.5) is 0 Å². The van der Waals surface area contributed by atoms with Crippen molar-refractivity contribution < 1.29 is 0 Å². The number of nitrogens with zero attached hydrogens (tertiary/aromatic N) is 1. The van der Waals surface area contributed by atoms with E-state index in [1.807, 2.05) is 0 Å². The van der Waals surface area contributed by atoms with Crippen LogP contribution in [-0.4, -0.2) is 14.7 Å². The smallest absolute Gasteiger partial charge is 0.0308 e. The molecular formula is C11H20IN. The van der Waals surface area contributed by atoms with Crippen molar-refractivity contribution in [2.75, 3.05) is 0 Å². The van der Waals surface area contributed by atoms with Crippen LogP contribution in [0.15, 0.2) is 0 Å². The zero-order chi connectivity index (χ0) is 9.31. The average molecular weight is 293 g/mol. The van der Waals surface area contributed by atoms with Crippen molar-refractivity contribution in [1.29, 1.82) is 0 Å². The predicted molar refractivity (Wildman–Crippen MR) is 65.0 cm³/mol. The standard InChI is InChI=1S/C11H20IN/c1-10-6-2-3-7-11(13(10)12)8-4-5-9-11/h10H,2-9H2,1H3/t10-/m1/s1. The molecule has 2 fully saturated rings. The number of rotatable bonds is 0. The molecule has 2 aliphatic rings. The molecule has 1 heterocycles. The van der Waals surface area contributed by atoms with Gasteiger partial charge >= 0.3 is 0 Å². The van der Waals surface area contributed by atoms with Gasteiger partial charge in [0.1, 0.15) is 0 Å². The Labute approximate surface area is 95.8 Å². The van der Waals surface area contributed by atoms with E-state index in [1.165, 1.54) is 51.4 Å². The lowest BCUT2D eigenvalue weighted by molar-refractivity contribution is 0.190. The summed E-state index contributed by atoms with van der Waals surface area (Å²) in [4.78, 5) is 0. The maximum Gasteiger partial charge on any atom is 0.0308 e. The van der Waals surface area contributed by atoms with Gasteiger partial charge in [-0.15, -0.1) is 0 Å². The molecule has 1 atom stereocenters. The SMILES string of the molecule is C[C@@H]1CCCCC2(CCCC2)N1I. The second-order valence-corrected chi connectivity index (χ2v) is 5.88. The van der Waals surface area contributed by atoms with Crippen molar-refractivity contribution in [3.63, 3.8) is 0 Å². The maximum absolute atomic E-state index is 2.67. The first kappa shape index (κ1) is 10.2. The summed E-state index contributed by atoms with van der Waals surface area (Å²) in [6, 6.07) is 0.807. The van der Waals surface area contributed by atoms with Crippen molar-refractivity contribution in [3.05, 3.63) is 0 Å². The molecule has 2 rings (SSSR count). The van der Waals surface area contributed by atoms with E-state index in [0.717, 1.165) is 6.04 Å². The van der Waals surface area contributed by atoms with Crippen LogP contribution < -0.4 is 0 Å². The summed E-state index contributed by atoms with van der Waals surface area (Å²) in [6.45, 7) is 2.40. The van der Waals surface area contributed by atoms with E-state index in [1.54, 1.807) is 0 Å². The zero-order valence-corrected chi connectivity index (χ0v) is 10.7. The highest BCUT2D eigenvalue weighted by atomic mass is 127. The van der Waals surface area contributed by atoms with E-state index in [0.29, 0.717) is 5.54 Å². The van der Waals surface area contributed by atoms with Gasteiger partial charge < -0.3 is 0 Å². The van der Waals surface area contributed by atoms with Gasteiger partial charge in [-0.2, -0.15) is 0 Å². The van der Waals surface area contributed by atoms with E-state index in [4.69, 9.17) is 0 Å². The van der Waals surface area contributed by atoms with Gasteiger partial charge in [0.05, 0.1) is 0 Å². The lowest BCUT2D eigenvalue weighted by Gasteiger charge is -2.38. The molecule has 13 heavy (non-hydrogen) atoms. The van der Waals surface area contributed by atoms with Crippen LogP contribution in [0.5, 0.6) is 0 Å². The lowest BCUT2D eigenvalue weighted by Crippen LogP contribution is -2.43. The van der Waals surface area contributed by atoms with Gasteiger partial charge in [0.25, 0.3) is 0 Å². The van der Waals surface area contributed by atoms with E-state index in [2.05, 4.69) is 32.9 Å². The molecule has 0 amide bonds. The quantitative estimate of drug-likeness (QED) is 0.483. The van der Waals surface area contributed by atoms with Crippen molar-refractivity contribution in [2.45, 2.75) is 69.9 Å². The van der Waals surface area contributed by atoms with Crippen LogP contribution in [-0.2, 0) is 0 Å². The third-order valence-electron chi connectivity index (χ3n) is 3.89. The summed E-state index contributed by atoms with van der Waals surface area (Å²) in [5.41, 5.74) is 0.608. The number of hydrogen-bond donors (Lipinski definition) is 0. The molecule has 0 aromatic heterocycles. The Morgan fingerprint density at radius 1 is 1.08 bits per heavy atom. The van der Waals surface area contributed by atoms with Crippen LogP contribution >= 0.6 is 22.9 Å². The number of hydrogen-bond acceptors (Lipinski definition) is 1. The lowest BCUT2D eigenvalue weighted by atomic mass is 9.92. The first-order chi connectivity index (χ1) is 6.25. The van der Waals surface area contributed by atoms with E-state index >= 15 is 0 Å².